The molecule has 17 heavy (non-hydrogen) atoms. The van der Waals surface area contributed by atoms with Crippen LogP contribution in [0.5, 0.6) is 0 Å². The molecule has 1 aromatic rings. The summed E-state index contributed by atoms with van der Waals surface area (Å²) in [6.07, 6.45) is 0.375. The third kappa shape index (κ3) is 3.23. The van der Waals surface area contributed by atoms with Gasteiger partial charge in [0.05, 0.1) is 12.1 Å². The molecule has 2 rings (SSSR count). The van der Waals surface area contributed by atoms with Crippen molar-refractivity contribution in [3.8, 4) is 0 Å². The second kappa shape index (κ2) is 4.40. The van der Waals surface area contributed by atoms with E-state index in [0.29, 0.717) is 23.5 Å². The highest BCUT2D eigenvalue weighted by molar-refractivity contribution is 8.00. The molecule has 0 saturated carbocycles. The Labute approximate surface area is 99.6 Å². The van der Waals surface area contributed by atoms with Gasteiger partial charge in [-0.3, -0.25) is 0 Å². The fraction of sp³-hybridized carbons (Fsp3) is 0.200. The van der Waals surface area contributed by atoms with Crippen molar-refractivity contribution in [3.05, 3.63) is 29.8 Å². The molecule has 1 aliphatic heterocycles. The lowest BCUT2D eigenvalue weighted by Crippen LogP contribution is -2.12. The van der Waals surface area contributed by atoms with Crippen LogP contribution in [0, 0.1) is 0 Å². The van der Waals surface area contributed by atoms with Crippen LogP contribution in [0.1, 0.15) is 12.0 Å². The lowest BCUT2D eigenvalue weighted by molar-refractivity contribution is -0.0328. The van der Waals surface area contributed by atoms with Crippen molar-refractivity contribution in [2.24, 2.45) is 15.9 Å². The summed E-state index contributed by atoms with van der Waals surface area (Å²) in [6.45, 7) is 0. The maximum absolute atomic E-state index is 12.2. The first-order chi connectivity index (χ1) is 7.94. The van der Waals surface area contributed by atoms with Gasteiger partial charge >= 0.3 is 5.51 Å². The lowest BCUT2D eigenvalue weighted by Gasteiger charge is -2.07. The molecule has 7 heteroatoms. The van der Waals surface area contributed by atoms with Crippen molar-refractivity contribution in [1.82, 2.24) is 0 Å². The van der Waals surface area contributed by atoms with E-state index in [0.717, 1.165) is 0 Å². The first kappa shape index (κ1) is 12.0. The molecule has 0 radical (unpaired) electrons. The van der Waals surface area contributed by atoms with Crippen molar-refractivity contribution in [3.63, 3.8) is 0 Å². The van der Waals surface area contributed by atoms with E-state index in [9.17, 15) is 13.2 Å². The van der Waals surface area contributed by atoms with Crippen LogP contribution >= 0.6 is 11.8 Å². The Kier molecular flexibility index (Phi) is 3.10. The number of rotatable bonds is 2. The van der Waals surface area contributed by atoms with Crippen LogP contribution < -0.4 is 5.73 Å². The molecular weight excluding hydrogens is 251 g/mol. The molecule has 0 aromatic heterocycles. The Balaban J connectivity index is 2.18. The van der Waals surface area contributed by atoms with E-state index in [2.05, 4.69) is 10.2 Å². The molecule has 1 aromatic carbocycles. The van der Waals surface area contributed by atoms with Crippen molar-refractivity contribution in [2.45, 2.75) is 16.8 Å². The fourth-order valence-electron chi connectivity index (χ4n) is 1.40. The van der Waals surface area contributed by atoms with E-state index < -0.39 is 5.51 Å². The minimum Gasteiger partial charge on any atom is -0.385 e. The van der Waals surface area contributed by atoms with Gasteiger partial charge in [0.1, 0.15) is 5.84 Å². The minimum absolute atomic E-state index is 0.128. The first-order valence-electron chi connectivity index (χ1n) is 4.69. The Hall–Kier alpha value is -1.50. The third-order valence-electron chi connectivity index (χ3n) is 2.05. The minimum atomic E-state index is -4.29. The van der Waals surface area contributed by atoms with Gasteiger partial charge in [-0.25, -0.2) is 0 Å². The van der Waals surface area contributed by atoms with Crippen LogP contribution in [-0.4, -0.2) is 17.1 Å². The van der Waals surface area contributed by atoms with Gasteiger partial charge in [-0.1, -0.05) is 12.1 Å². The molecule has 0 fully saturated rings. The maximum atomic E-state index is 12.2. The van der Waals surface area contributed by atoms with Crippen LogP contribution in [0.3, 0.4) is 0 Å². The number of hydrogen-bond acceptors (Lipinski definition) is 4. The Bertz CT molecular complexity index is 494. The lowest BCUT2D eigenvalue weighted by atomic mass is 10.1. The molecule has 1 aliphatic rings. The largest absolute Gasteiger partial charge is 0.446 e. The number of benzene rings is 1. The third-order valence-corrected chi connectivity index (χ3v) is 2.77. The highest BCUT2D eigenvalue weighted by atomic mass is 32.2. The van der Waals surface area contributed by atoms with Crippen LogP contribution in [0.4, 0.5) is 13.2 Å². The molecule has 0 unspecified atom stereocenters. The molecule has 3 nitrogen and oxygen atoms in total. The smallest absolute Gasteiger partial charge is 0.385 e. The highest BCUT2D eigenvalue weighted by Crippen LogP contribution is 2.37. The molecule has 90 valence electrons. The summed E-state index contributed by atoms with van der Waals surface area (Å²) in [7, 11) is 0. The van der Waals surface area contributed by atoms with E-state index in [-0.39, 0.29) is 16.7 Å². The molecule has 1 heterocycles. The van der Waals surface area contributed by atoms with Crippen LogP contribution in [0.15, 0.2) is 39.4 Å². The number of thioether (sulfide) groups is 1. The standard InChI is InChI=1S/C10H8F3N3S/c11-10(12,13)17-7-3-1-2-6(4-7)8-5-9(14)16-15-8/h1-4H,5H2,(H2,14,16). The summed E-state index contributed by atoms with van der Waals surface area (Å²) < 4.78 is 36.6. The number of alkyl halides is 3. The summed E-state index contributed by atoms with van der Waals surface area (Å²) in [4.78, 5) is 0.128. The monoisotopic (exact) mass is 259 g/mol. The average molecular weight is 259 g/mol. The molecule has 0 atom stereocenters. The van der Waals surface area contributed by atoms with Crippen molar-refractivity contribution in [1.29, 1.82) is 0 Å². The van der Waals surface area contributed by atoms with Gasteiger partial charge in [0.25, 0.3) is 0 Å². The Morgan fingerprint density at radius 2 is 2.00 bits per heavy atom. The van der Waals surface area contributed by atoms with E-state index >= 15 is 0 Å². The zero-order valence-electron chi connectivity index (χ0n) is 8.53. The average Bonchev–Trinajstić information content (AvgIpc) is 2.63. The molecular formula is C10H8F3N3S. The van der Waals surface area contributed by atoms with Crippen LogP contribution in [-0.2, 0) is 0 Å². The zero-order chi connectivity index (χ0) is 12.5. The van der Waals surface area contributed by atoms with Gasteiger partial charge in [-0.2, -0.15) is 18.3 Å². The van der Waals surface area contributed by atoms with E-state index in [1.165, 1.54) is 12.1 Å². The SMILES string of the molecule is NC1=NN=C(c2cccc(SC(F)(F)F)c2)C1. The maximum Gasteiger partial charge on any atom is 0.446 e. The van der Waals surface area contributed by atoms with Gasteiger partial charge in [0.2, 0.25) is 0 Å². The predicted octanol–water partition coefficient (Wildman–Crippen LogP) is 2.76. The first-order valence-corrected chi connectivity index (χ1v) is 5.51. The summed E-state index contributed by atoms with van der Waals surface area (Å²) >= 11 is -0.149. The summed E-state index contributed by atoms with van der Waals surface area (Å²) in [5, 5.41) is 7.47. The van der Waals surface area contributed by atoms with Gasteiger partial charge in [0, 0.05) is 4.90 Å². The Morgan fingerprint density at radius 3 is 2.59 bits per heavy atom. The number of nitrogens with zero attached hydrogens (tertiary/aromatic N) is 2. The van der Waals surface area contributed by atoms with Gasteiger partial charge in [0.15, 0.2) is 0 Å². The van der Waals surface area contributed by atoms with E-state index in [4.69, 9.17) is 5.73 Å². The summed E-state index contributed by atoms with van der Waals surface area (Å²) in [6, 6.07) is 6.08. The molecule has 0 saturated heterocycles. The highest BCUT2D eigenvalue weighted by Gasteiger charge is 2.29. The summed E-state index contributed by atoms with van der Waals surface area (Å²) in [5.41, 5.74) is 2.37. The zero-order valence-corrected chi connectivity index (χ0v) is 9.35. The topological polar surface area (TPSA) is 50.7 Å². The molecule has 0 aliphatic carbocycles. The second-order valence-electron chi connectivity index (χ2n) is 3.39. The fourth-order valence-corrected chi connectivity index (χ4v) is 2.00. The molecule has 0 spiro atoms. The molecule has 0 bridgehead atoms. The number of nitrogens with two attached hydrogens (primary N) is 1. The van der Waals surface area contributed by atoms with Crippen LogP contribution in [0.25, 0.3) is 0 Å². The van der Waals surface area contributed by atoms with Gasteiger partial charge in [-0.05, 0) is 29.5 Å². The van der Waals surface area contributed by atoms with E-state index in [1.807, 2.05) is 0 Å². The quantitative estimate of drug-likeness (QED) is 0.830. The molecule has 0 amide bonds. The van der Waals surface area contributed by atoms with Crippen molar-refractivity contribution in [2.75, 3.05) is 0 Å². The van der Waals surface area contributed by atoms with Gasteiger partial charge < -0.3 is 5.73 Å². The Morgan fingerprint density at radius 1 is 1.24 bits per heavy atom. The number of halogens is 3. The number of hydrogen-bond donors (Lipinski definition) is 1. The van der Waals surface area contributed by atoms with Crippen LogP contribution in [0.2, 0.25) is 0 Å². The van der Waals surface area contributed by atoms with Crippen molar-refractivity contribution >= 4 is 23.3 Å². The second-order valence-corrected chi connectivity index (χ2v) is 4.53. The normalized spacial score (nSPS) is 15.7. The molecule has 2 N–H and O–H groups in total. The van der Waals surface area contributed by atoms with Gasteiger partial charge in [-0.15, -0.1) is 5.10 Å². The summed E-state index contributed by atoms with van der Waals surface area (Å²) in [5.74, 6) is 0.369. The van der Waals surface area contributed by atoms with E-state index in [1.54, 1.807) is 12.1 Å². The van der Waals surface area contributed by atoms with Crippen molar-refractivity contribution < 1.29 is 13.2 Å². The number of amidine groups is 1. The predicted molar refractivity (Wildman–Crippen MR) is 61.1 cm³/mol.